The van der Waals surface area contributed by atoms with Gasteiger partial charge in [0.1, 0.15) is 11.6 Å². The van der Waals surface area contributed by atoms with Crippen LogP contribution in [0, 0.1) is 5.82 Å². The van der Waals surface area contributed by atoms with E-state index in [1.54, 1.807) is 19.2 Å². The average Bonchev–Trinajstić information content (AvgIpc) is 2.48. The first-order chi connectivity index (χ1) is 9.63. The average molecular weight is 294 g/mol. The molecule has 0 aliphatic carbocycles. The molecular weight excluding hydrogens is 277 g/mol. The molecule has 0 saturated carbocycles. The molecule has 0 aliphatic heterocycles. The van der Waals surface area contributed by atoms with Crippen molar-refractivity contribution in [2.45, 2.75) is 12.5 Å². The van der Waals surface area contributed by atoms with Gasteiger partial charge in [0.2, 0.25) is 0 Å². The van der Waals surface area contributed by atoms with E-state index >= 15 is 0 Å². The zero-order valence-corrected chi connectivity index (χ0v) is 12.2. The summed E-state index contributed by atoms with van der Waals surface area (Å²) in [7, 11) is 3.54. The van der Waals surface area contributed by atoms with Crippen LogP contribution in [0.2, 0.25) is 5.02 Å². The van der Waals surface area contributed by atoms with Crippen molar-refractivity contribution in [3.05, 3.63) is 64.4 Å². The number of rotatable bonds is 5. The van der Waals surface area contributed by atoms with Gasteiger partial charge in [0.05, 0.1) is 12.1 Å². The number of ether oxygens (including phenoxy) is 1. The third kappa shape index (κ3) is 3.50. The lowest BCUT2D eigenvalue weighted by Crippen LogP contribution is -2.18. The molecule has 0 saturated heterocycles. The van der Waals surface area contributed by atoms with E-state index in [9.17, 15) is 4.39 Å². The predicted octanol–water partition coefficient (Wildman–Crippen LogP) is 3.99. The van der Waals surface area contributed by atoms with Gasteiger partial charge in [-0.05, 0) is 48.9 Å². The van der Waals surface area contributed by atoms with Crippen molar-refractivity contribution in [3.8, 4) is 5.75 Å². The summed E-state index contributed by atoms with van der Waals surface area (Å²) >= 11 is 5.82. The maximum atomic E-state index is 13.2. The SMILES string of the molecule is CNC(Cc1ccc(F)c(Cl)c1)c1cccc(OC)c1. The van der Waals surface area contributed by atoms with Crippen LogP contribution in [0.25, 0.3) is 0 Å². The number of likely N-dealkylation sites (N-methyl/N-ethyl adjacent to an activating group) is 1. The summed E-state index contributed by atoms with van der Waals surface area (Å²) in [5, 5.41) is 3.42. The molecule has 0 aliphatic rings. The van der Waals surface area contributed by atoms with Crippen LogP contribution >= 0.6 is 11.6 Å². The molecule has 0 aromatic heterocycles. The predicted molar refractivity (Wildman–Crippen MR) is 79.9 cm³/mol. The molecule has 0 amide bonds. The Kier molecular flexibility index (Phi) is 4.99. The van der Waals surface area contributed by atoms with Crippen molar-refractivity contribution in [1.29, 1.82) is 0 Å². The van der Waals surface area contributed by atoms with Gasteiger partial charge in [-0.25, -0.2) is 4.39 Å². The molecule has 20 heavy (non-hydrogen) atoms. The van der Waals surface area contributed by atoms with E-state index in [4.69, 9.17) is 16.3 Å². The van der Waals surface area contributed by atoms with Gasteiger partial charge in [-0.1, -0.05) is 29.8 Å². The molecule has 2 nitrogen and oxygen atoms in total. The molecule has 0 heterocycles. The molecule has 2 rings (SSSR count). The Labute approximate surface area is 123 Å². The van der Waals surface area contributed by atoms with E-state index in [-0.39, 0.29) is 11.1 Å². The lowest BCUT2D eigenvalue weighted by atomic mass is 9.99. The minimum absolute atomic E-state index is 0.117. The standard InChI is InChI=1S/C16H17ClFNO/c1-19-16(12-4-3-5-13(10-12)20-2)9-11-6-7-15(18)14(17)8-11/h3-8,10,16,19H,9H2,1-2H3. The van der Waals surface area contributed by atoms with Gasteiger partial charge < -0.3 is 10.1 Å². The van der Waals surface area contributed by atoms with Crippen molar-refractivity contribution in [3.63, 3.8) is 0 Å². The van der Waals surface area contributed by atoms with Crippen LogP contribution in [-0.2, 0) is 6.42 Å². The first-order valence-electron chi connectivity index (χ1n) is 6.39. The van der Waals surface area contributed by atoms with E-state index < -0.39 is 5.82 Å². The number of hydrogen-bond donors (Lipinski definition) is 1. The van der Waals surface area contributed by atoms with Crippen LogP contribution in [-0.4, -0.2) is 14.2 Å². The number of halogens is 2. The minimum Gasteiger partial charge on any atom is -0.497 e. The second kappa shape index (κ2) is 6.73. The Balaban J connectivity index is 2.21. The summed E-state index contributed by atoms with van der Waals surface area (Å²) in [5.41, 5.74) is 2.10. The maximum Gasteiger partial charge on any atom is 0.141 e. The van der Waals surface area contributed by atoms with Crippen LogP contribution < -0.4 is 10.1 Å². The van der Waals surface area contributed by atoms with Gasteiger partial charge in [-0.15, -0.1) is 0 Å². The molecule has 1 atom stereocenters. The number of hydrogen-bond acceptors (Lipinski definition) is 2. The van der Waals surface area contributed by atoms with Crippen LogP contribution in [0.1, 0.15) is 17.2 Å². The third-order valence-electron chi connectivity index (χ3n) is 3.27. The lowest BCUT2D eigenvalue weighted by Gasteiger charge is -2.17. The van der Waals surface area contributed by atoms with Crippen LogP contribution in [0.3, 0.4) is 0 Å². The molecule has 1 N–H and O–H groups in total. The van der Waals surface area contributed by atoms with E-state index in [0.29, 0.717) is 0 Å². The van der Waals surface area contributed by atoms with Crippen LogP contribution in [0.5, 0.6) is 5.75 Å². The van der Waals surface area contributed by atoms with E-state index in [1.807, 2.05) is 31.3 Å². The van der Waals surface area contributed by atoms with Crippen LogP contribution in [0.15, 0.2) is 42.5 Å². The molecule has 0 spiro atoms. The molecular formula is C16H17ClFNO. The minimum atomic E-state index is -0.391. The first-order valence-corrected chi connectivity index (χ1v) is 6.77. The highest BCUT2D eigenvalue weighted by Crippen LogP contribution is 2.24. The van der Waals surface area contributed by atoms with Crippen molar-refractivity contribution in [1.82, 2.24) is 5.32 Å². The van der Waals surface area contributed by atoms with Gasteiger partial charge >= 0.3 is 0 Å². The van der Waals surface area contributed by atoms with Gasteiger partial charge in [0.15, 0.2) is 0 Å². The molecule has 0 bridgehead atoms. The molecule has 0 fully saturated rings. The van der Waals surface area contributed by atoms with Gasteiger partial charge in [0.25, 0.3) is 0 Å². The Morgan fingerprint density at radius 1 is 1.25 bits per heavy atom. The van der Waals surface area contributed by atoms with Gasteiger partial charge in [-0.2, -0.15) is 0 Å². The summed E-state index contributed by atoms with van der Waals surface area (Å²) in [6, 6.07) is 12.8. The Morgan fingerprint density at radius 3 is 2.70 bits per heavy atom. The Bertz CT molecular complexity index is 588. The second-order valence-corrected chi connectivity index (χ2v) is 4.98. The summed E-state index contributed by atoms with van der Waals surface area (Å²) in [5.74, 6) is 0.428. The monoisotopic (exact) mass is 293 g/mol. The zero-order chi connectivity index (χ0) is 14.5. The van der Waals surface area contributed by atoms with Crippen molar-refractivity contribution in [2.75, 3.05) is 14.2 Å². The number of nitrogens with one attached hydrogen (secondary N) is 1. The lowest BCUT2D eigenvalue weighted by molar-refractivity contribution is 0.413. The summed E-state index contributed by atoms with van der Waals surface area (Å²) in [6.07, 6.45) is 0.726. The smallest absolute Gasteiger partial charge is 0.141 e. The highest BCUT2D eigenvalue weighted by Gasteiger charge is 2.12. The Morgan fingerprint density at radius 2 is 2.05 bits per heavy atom. The summed E-state index contributed by atoms with van der Waals surface area (Å²) in [4.78, 5) is 0. The highest BCUT2D eigenvalue weighted by molar-refractivity contribution is 6.30. The van der Waals surface area contributed by atoms with E-state index in [2.05, 4.69) is 5.32 Å². The quantitative estimate of drug-likeness (QED) is 0.900. The van der Waals surface area contributed by atoms with Gasteiger partial charge in [0, 0.05) is 6.04 Å². The number of methoxy groups -OCH3 is 1. The maximum absolute atomic E-state index is 13.2. The van der Waals surface area contributed by atoms with E-state index in [1.165, 1.54) is 6.07 Å². The molecule has 106 valence electrons. The Hall–Kier alpha value is -1.58. The van der Waals surface area contributed by atoms with Gasteiger partial charge in [-0.3, -0.25) is 0 Å². The fourth-order valence-electron chi connectivity index (χ4n) is 2.15. The normalized spacial score (nSPS) is 12.2. The topological polar surface area (TPSA) is 21.3 Å². The molecule has 4 heteroatoms. The van der Waals surface area contributed by atoms with Crippen molar-refractivity contribution >= 4 is 11.6 Å². The zero-order valence-electron chi connectivity index (χ0n) is 11.5. The third-order valence-corrected chi connectivity index (χ3v) is 3.56. The van der Waals surface area contributed by atoms with E-state index in [0.717, 1.165) is 23.3 Å². The van der Waals surface area contributed by atoms with Crippen molar-refractivity contribution in [2.24, 2.45) is 0 Å². The molecule has 2 aromatic carbocycles. The summed E-state index contributed by atoms with van der Waals surface area (Å²) in [6.45, 7) is 0. The fourth-order valence-corrected chi connectivity index (χ4v) is 2.35. The number of benzene rings is 2. The second-order valence-electron chi connectivity index (χ2n) is 4.57. The fraction of sp³-hybridized carbons (Fsp3) is 0.250. The first kappa shape index (κ1) is 14.8. The highest BCUT2D eigenvalue weighted by atomic mass is 35.5. The molecule has 1 unspecified atom stereocenters. The summed E-state index contributed by atoms with van der Waals surface area (Å²) < 4.78 is 18.4. The molecule has 2 aromatic rings. The largest absolute Gasteiger partial charge is 0.497 e. The van der Waals surface area contributed by atoms with Crippen molar-refractivity contribution < 1.29 is 9.13 Å². The molecule has 0 radical (unpaired) electrons. The van der Waals surface area contributed by atoms with Crippen LogP contribution in [0.4, 0.5) is 4.39 Å².